The number of nitrogens with zero attached hydrogens (tertiary/aromatic N) is 2. The molecule has 0 radical (unpaired) electrons. The van der Waals surface area contributed by atoms with Gasteiger partial charge in [0.2, 0.25) is 0 Å². The van der Waals surface area contributed by atoms with Crippen molar-refractivity contribution in [3.8, 4) is 11.1 Å². The molecule has 28 heavy (non-hydrogen) atoms. The third kappa shape index (κ3) is 4.05. The number of carbonyl (C=O) groups excluding carboxylic acids is 1. The number of thiophene rings is 1. The molecule has 0 aliphatic rings. The maximum absolute atomic E-state index is 13.3. The Labute approximate surface area is 172 Å². The summed E-state index contributed by atoms with van der Waals surface area (Å²) in [6.07, 6.45) is 1.66. The minimum absolute atomic E-state index is 0.125. The van der Waals surface area contributed by atoms with Crippen LogP contribution in [0.15, 0.2) is 52.3 Å². The minimum Gasteiger partial charge on any atom is -0.465 e. The molecule has 0 bridgehead atoms. The van der Waals surface area contributed by atoms with Crippen molar-refractivity contribution in [1.29, 1.82) is 0 Å². The SMILES string of the molecule is C=CCn1c(S[C@@H](C)C(=O)OCC)nc2scc(-c3ccc(C)cc3)c2c1=O. The van der Waals surface area contributed by atoms with E-state index in [4.69, 9.17) is 4.74 Å². The van der Waals surface area contributed by atoms with Gasteiger partial charge in [-0.3, -0.25) is 14.2 Å². The highest BCUT2D eigenvalue weighted by Crippen LogP contribution is 2.33. The fraction of sp³-hybridized carbons (Fsp3) is 0.286. The molecule has 0 unspecified atom stereocenters. The van der Waals surface area contributed by atoms with Crippen LogP contribution in [0.25, 0.3) is 21.3 Å². The number of allylic oxidation sites excluding steroid dienone is 1. The quantitative estimate of drug-likeness (QED) is 0.243. The van der Waals surface area contributed by atoms with Gasteiger partial charge in [-0.15, -0.1) is 17.9 Å². The van der Waals surface area contributed by atoms with E-state index in [1.807, 2.05) is 36.6 Å². The lowest BCUT2D eigenvalue weighted by atomic mass is 10.1. The van der Waals surface area contributed by atoms with Gasteiger partial charge >= 0.3 is 5.97 Å². The van der Waals surface area contributed by atoms with Gasteiger partial charge in [-0.25, -0.2) is 4.98 Å². The van der Waals surface area contributed by atoms with Crippen LogP contribution in [0.3, 0.4) is 0 Å². The zero-order valence-corrected chi connectivity index (χ0v) is 17.7. The summed E-state index contributed by atoms with van der Waals surface area (Å²) in [7, 11) is 0. The van der Waals surface area contributed by atoms with Gasteiger partial charge in [-0.2, -0.15) is 0 Å². The lowest BCUT2D eigenvalue weighted by Gasteiger charge is -2.14. The number of hydrogen-bond acceptors (Lipinski definition) is 6. The molecule has 2 heterocycles. The highest BCUT2D eigenvalue weighted by Gasteiger charge is 2.22. The summed E-state index contributed by atoms with van der Waals surface area (Å²) in [5.74, 6) is -0.321. The Morgan fingerprint density at radius 3 is 2.75 bits per heavy atom. The number of rotatable bonds is 7. The van der Waals surface area contributed by atoms with E-state index in [1.165, 1.54) is 23.1 Å². The molecule has 0 spiro atoms. The number of thioether (sulfide) groups is 1. The maximum Gasteiger partial charge on any atom is 0.319 e. The standard InChI is InChI=1S/C21H22N2O3S2/c1-5-11-23-19(24)17-16(15-9-7-13(3)8-10-15)12-27-18(17)22-21(23)28-14(4)20(25)26-6-2/h5,7-10,12,14H,1,6,11H2,2-4H3/t14-/m0/s1. The molecule has 7 heteroatoms. The first kappa shape index (κ1) is 20.4. The van der Waals surface area contributed by atoms with Crippen LogP contribution in [-0.2, 0) is 16.1 Å². The molecule has 2 aromatic heterocycles. The average molecular weight is 415 g/mol. The van der Waals surface area contributed by atoms with Gasteiger partial charge in [0.05, 0.1) is 12.0 Å². The van der Waals surface area contributed by atoms with Gasteiger partial charge in [-0.1, -0.05) is 47.7 Å². The topological polar surface area (TPSA) is 61.2 Å². The number of ether oxygens (including phenoxy) is 1. The highest BCUT2D eigenvalue weighted by molar-refractivity contribution is 8.00. The molecule has 0 amide bonds. The van der Waals surface area contributed by atoms with E-state index in [2.05, 4.69) is 11.6 Å². The Balaban J connectivity index is 2.11. The highest BCUT2D eigenvalue weighted by atomic mass is 32.2. The van der Waals surface area contributed by atoms with Crippen LogP contribution in [0.1, 0.15) is 19.4 Å². The third-order valence-electron chi connectivity index (χ3n) is 4.23. The Hall–Kier alpha value is -2.38. The van der Waals surface area contributed by atoms with Gasteiger partial charge in [0, 0.05) is 17.5 Å². The predicted octanol–water partition coefficient (Wildman–Crippen LogP) is 4.66. The Morgan fingerprint density at radius 1 is 1.39 bits per heavy atom. The largest absolute Gasteiger partial charge is 0.465 e. The second-order valence-electron chi connectivity index (χ2n) is 6.31. The normalized spacial score (nSPS) is 12.1. The molecular formula is C21H22N2O3S2. The van der Waals surface area contributed by atoms with E-state index in [0.717, 1.165) is 16.7 Å². The first-order valence-electron chi connectivity index (χ1n) is 8.99. The number of esters is 1. The van der Waals surface area contributed by atoms with Crippen LogP contribution < -0.4 is 5.56 Å². The van der Waals surface area contributed by atoms with E-state index in [1.54, 1.807) is 24.5 Å². The zero-order chi connectivity index (χ0) is 20.3. The Morgan fingerprint density at radius 2 is 2.11 bits per heavy atom. The monoisotopic (exact) mass is 414 g/mol. The van der Waals surface area contributed by atoms with Crippen molar-refractivity contribution < 1.29 is 9.53 Å². The average Bonchev–Trinajstić information content (AvgIpc) is 3.09. The minimum atomic E-state index is -0.461. The molecule has 3 aromatic rings. The van der Waals surface area contributed by atoms with Gasteiger partial charge in [0.1, 0.15) is 10.1 Å². The summed E-state index contributed by atoms with van der Waals surface area (Å²) in [5.41, 5.74) is 2.91. The summed E-state index contributed by atoms with van der Waals surface area (Å²) in [6, 6.07) is 8.08. The van der Waals surface area contributed by atoms with E-state index in [9.17, 15) is 9.59 Å². The van der Waals surface area contributed by atoms with E-state index >= 15 is 0 Å². The van der Waals surface area contributed by atoms with E-state index < -0.39 is 5.25 Å². The van der Waals surface area contributed by atoms with Crippen molar-refractivity contribution in [2.24, 2.45) is 0 Å². The number of fused-ring (bicyclic) bond motifs is 1. The number of carbonyl (C=O) groups is 1. The molecule has 5 nitrogen and oxygen atoms in total. The summed E-state index contributed by atoms with van der Waals surface area (Å²) < 4.78 is 6.64. The van der Waals surface area contributed by atoms with Crippen molar-refractivity contribution in [2.45, 2.75) is 37.7 Å². The van der Waals surface area contributed by atoms with Crippen LogP contribution in [-0.4, -0.2) is 27.4 Å². The second kappa shape index (κ2) is 8.75. The maximum atomic E-state index is 13.3. The number of aromatic nitrogens is 2. The fourth-order valence-corrected chi connectivity index (χ4v) is 4.70. The van der Waals surface area contributed by atoms with Crippen LogP contribution in [0.5, 0.6) is 0 Å². The molecule has 0 saturated carbocycles. The number of hydrogen-bond donors (Lipinski definition) is 0. The van der Waals surface area contributed by atoms with E-state index in [0.29, 0.717) is 28.5 Å². The zero-order valence-electron chi connectivity index (χ0n) is 16.1. The van der Waals surface area contributed by atoms with Crippen LogP contribution in [0.2, 0.25) is 0 Å². The summed E-state index contributed by atoms with van der Waals surface area (Å²) >= 11 is 2.66. The van der Waals surface area contributed by atoms with Crippen LogP contribution in [0.4, 0.5) is 0 Å². The fourth-order valence-electron chi connectivity index (χ4n) is 2.80. The molecular weight excluding hydrogens is 392 g/mol. The molecule has 0 N–H and O–H groups in total. The van der Waals surface area contributed by atoms with Crippen molar-refractivity contribution in [2.75, 3.05) is 6.61 Å². The van der Waals surface area contributed by atoms with Crippen molar-refractivity contribution >= 4 is 39.3 Å². The Kier molecular flexibility index (Phi) is 6.36. The van der Waals surface area contributed by atoms with E-state index in [-0.39, 0.29) is 11.5 Å². The Bertz CT molecular complexity index is 1070. The third-order valence-corrected chi connectivity index (χ3v) is 6.17. The molecule has 1 atom stereocenters. The number of aryl methyl sites for hydroxylation is 1. The molecule has 146 valence electrons. The molecule has 0 saturated heterocycles. The lowest BCUT2D eigenvalue weighted by Crippen LogP contribution is -2.25. The first-order valence-corrected chi connectivity index (χ1v) is 10.8. The van der Waals surface area contributed by atoms with Crippen LogP contribution >= 0.6 is 23.1 Å². The second-order valence-corrected chi connectivity index (χ2v) is 8.47. The van der Waals surface area contributed by atoms with Gasteiger partial charge in [-0.05, 0) is 26.3 Å². The molecule has 0 aliphatic carbocycles. The van der Waals surface area contributed by atoms with Gasteiger partial charge in [0.15, 0.2) is 5.16 Å². The van der Waals surface area contributed by atoms with Crippen molar-refractivity contribution in [3.63, 3.8) is 0 Å². The number of benzene rings is 1. The summed E-state index contributed by atoms with van der Waals surface area (Å²) in [5, 5.41) is 2.60. The predicted molar refractivity (Wildman–Crippen MR) is 116 cm³/mol. The molecule has 1 aromatic carbocycles. The van der Waals surface area contributed by atoms with Crippen molar-refractivity contribution in [1.82, 2.24) is 9.55 Å². The molecule has 0 aliphatic heterocycles. The first-order chi connectivity index (χ1) is 13.5. The van der Waals surface area contributed by atoms with Gasteiger partial charge < -0.3 is 4.74 Å². The lowest BCUT2D eigenvalue weighted by molar-refractivity contribution is -0.142. The smallest absolute Gasteiger partial charge is 0.319 e. The van der Waals surface area contributed by atoms with Crippen LogP contribution in [0, 0.1) is 6.92 Å². The van der Waals surface area contributed by atoms with Gasteiger partial charge in [0.25, 0.3) is 5.56 Å². The molecule has 0 fully saturated rings. The van der Waals surface area contributed by atoms with Crippen molar-refractivity contribution in [3.05, 3.63) is 58.2 Å². The summed E-state index contributed by atoms with van der Waals surface area (Å²) in [4.78, 5) is 30.7. The summed E-state index contributed by atoms with van der Waals surface area (Å²) in [6.45, 7) is 9.95. The molecule has 3 rings (SSSR count).